The van der Waals surface area contributed by atoms with Crippen LogP contribution in [0.2, 0.25) is 0 Å². The zero-order chi connectivity index (χ0) is 21.3. The second kappa shape index (κ2) is 11.9. The van der Waals surface area contributed by atoms with Gasteiger partial charge >= 0.3 is 0 Å². The molecule has 1 aromatic rings. The first-order chi connectivity index (χ1) is 14.7. The summed E-state index contributed by atoms with van der Waals surface area (Å²) in [6, 6.07) is 6.50. The average Bonchev–Trinajstić information content (AvgIpc) is 3.24. The summed E-state index contributed by atoms with van der Waals surface area (Å²) < 4.78 is 6.37. The SMILES string of the molecule is CCCCC[C@H](O)C=C[C@@H]1[C@H]2c3cccc(CCCCNCCC)c3O[C@H]2C[C@H]1O. The summed E-state index contributed by atoms with van der Waals surface area (Å²) in [6.45, 7) is 6.54. The van der Waals surface area contributed by atoms with E-state index < -0.39 is 12.2 Å². The molecule has 1 aliphatic heterocycles. The number of aliphatic hydroxyl groups is 2. The Balaban J connectivity index is 1.61. The first kappa shape index (κ1) is 23.3. The van der Waals surface area contributed by atoms with Crippen LogP contribution in [0, 0.1) is 5.92 Å². The quantitative estimate of drug-likeness (QED) is 0.322. The largest absolute Gasteiger partial charge is 0.489 e. The third-order valence-electron chi connectivity index (χ3n) is 6.62. The van der Waals surface area contributed by atoms with Crippen molar-refractivity contribution in [2.24, 2.45) is 5.92 Å². The Hall–Kier alpha value is -1.36. The fraction of sp³-hybridized carbons (Fsp3) is 0.692. The van der Waals surface area contributed by atoms with Crippen LogP contribution in [0.15, 0.2) is 30.4 Å². The van der Waals surface area contributed by atoms with Crippen LogP contribution in [0.25, 0.3) is 0 Å². The van der Waals surface area contributed by atoms with Crippen molar-refractivity contribution in [3.05, 3.63) is 41.5 Å². The Labute approximate surface area is 182 Å². The summed E-state index contributed by atoms with van der Waals surface area (Å²) >= 11 is 0. The van der Waals surface area contributed by atoms with Crippen LogP contribution in [0.3, 0.4) is 0 Å². The van der Waals surface area contributed by atoms with Crippen LogP contribution >= 0.6 is 0 Å². The molecule has 2 aliphatic rings. The lowest BCUT2D eigenvalue weighted by atomic mass is 9.86. The van der Waals surface area contributed by atoms with Crippen molar-refractivity contribution in [1.29, 1.82) is 0 Å². The predicted molar refractivity (Wildman–Crippen MR) is 123 cm³/mol. The molecule has 0 radical (unpaired) electrons. The molecule has 0 saturated heterocycles. The molecule has 3 rings (SSSR count). The first-order valence-corrected chi connectivity index (χ1v) is 12.2. The van der Waals surface area contributed by atoms with Crippen molar-refractivity contribution >= 4 is 0 Å². The van der Waals surface area contributed by atoms with E-state index in [-0.39, 0.29) is 17.9 Å². The lowest BCUT2D eigenvalue weighted by Gasteiger charge is -2.18. The fourth-order valence-electron chi connectivity index (χ4n) is 4.99. The fourth-order valence-corrected chi connectivity index (χ4v) is 4.99. The third kappa shape index (κ3) is 5.87. The number of para-hydroxylation sites is 1. The Bertz CT molecular complexity index is 674. The molecule has 30 heavy (non-hydrogen) atoms. The maximum absolute atomic E-state index is 10.6. The highest BCUT2D eigenvalue weighted by molar-refractivity contribution is 5.49. The minimum Gasteiger partial charge on any atom is -0.489 e. The van der Waals surface area contributed by atoms with E-state index in [9.17, 15) is 10.2 Å². The van der Waals surface area contributed by atoms with Crippen molar-refractivity contribution in [2.45, 2.75) is 95.9 Å². The smallest absolute Gasteiger partial charge is 0.126 e. The highest BCUT2D eigenvalue weighted by atomic mass is 16.5. The average molecular weight is 416 g/mol. The van der Waals surface area contributed by atoms with Gasteiger partial charge in [0.2, 0.25) is 0 Å². The molecular weight excluding hydrogens is 374 g/mol. The molecule has 168 valence electrons. The van der Waals surface area contributed by atoms with Crippen LogP contribution in [0.4, 0.5) is 0 Å². The highest BCUT2D eigenvalue weighted by Gasteiger charge is 2.48. The lowest BCUT2D eigenvalue weighted by Crippen LogP contribution is -2.17. The van der Waals surface area contributed by atoms with Gasteiger partial charge in [-0.1, -0.05) is 63.5 Å². The van der Waals surface area contributed by atoms with Gasteiger partial charge in [-0.05, 0) is 50.8 Å². The molecule has 1 heterocycles. The van der Waals surface area contributed by atoms with Crippen molar-refractivity contribution < 1.29 is 14.9 Å². The van der Waals surface area contributed by atoms with Gasteiger partial charge in [0.1, 0.15) is 11.9 Å². The van der Waals surface area contributed by atoms with Gasteiger partial charge in [-0.2, -0.15) is 0 Å². The minimum absolute atomic E-state index is 0.0190. The van der Waals surface area contributed by atoms with Crippen molar-refractivity contribution in [3.8, 4) is 5.75 Å². The Morgan fingerprint density at radius 3 is 2.80 bits per heavy atom. The molecular formula is C26H41NO3. The number of aryl methyl sites for hydroxylation is 1. The zero-order valence-corrected chi connectivity index (χ0v) is 18.9. The van der Waals surface area contributed by atoms with Gasteiger partial charge in [0.15, 0.2) is 0 Å². The second-order valence-corrected chi connectivity index (χ2v) is 9.05. The molecule has 0 aromatic heterocycles. The van der Waals surface area contributed by atoms with Gasteiger partial charge in [-0.25, -0.2) is 0 Å². The summed E-state index contributed by atoms with van der Waals surface area (Å²) in [4.78, 5) is 0. The number of unbranched alkanes of at least 4 members (excludes halogenated alkanes) is 3. The number of aliphatic hydroxyl groups excluding tert-OH is 2. The topological polar surface area (TPSA) is 61.7 Å². The van der Waals surface area contributed by atoms with Crippen molar-refractivity contribution in [3.63, 3.8) is 0 Å². The molecule has 1 saturated carbocycles. The summed E-state index contributed by atoms with van der Waals surface area (Å²) in [7, 11) is 0. The first-order valence-electron chi connectivity index (χ1n) is 12.2. The minimum atomic E-state index is -0.419. The summed E-state index contributed by atoms with van der Waals surface area (Å²) in [5.41, 5.74) is 2.54. The van der Waals surface area contributed by atoms with Gasteiger partial charge in [-0.15, -0.1) is 0 Å². The molecule has 0 amide bonds. The highest BCUT2D eigenvalue weighted by Crippen LogP contribution is 2.52. The molecule has 3 N–H and O–H groups in total. The number of benzene rings is 1. The number of hydrogen-bond acceptors (Lipinski definition) is 4. The molecule has 4 heteroatoms. The Morgan fingerprint density at radius 2 is 2.00 bits per heavy atom. The Morgan fingerprint density at radius 1 is 1.13 bits per heavy atom. The predicted octanol–water partition coefficient (Wildman–Crippen LogP) is 4.73. The number of rotatable bonds is 13. The van der Waals surface area contributed by atoms with E-state index >= 15 is 0 Å². The van der Waals surface area contributed by atoms with E-state index in [1.807, 2.05) is 6.08 Å². The van der Waals surface area contributed by atoms with Crippen LogP contribution in [0.5, 0.6) is 5.75 Å². The number of fused-ring (bicyclic) bond motifs is 3. The summed E-state index contributed by atoms with van der Waals surface area (Å²) in [6.07, 6.45) is 12.6. The summed E-state index contributed by atoms with van der Waals surface area (Å²) in [5.74, 6) is 1.27. The van der Waals surface area contributed by atoms with E-state index in [4.69, 9.17) is 4.74 Å². The number of hydrogen-bond donors (Lipinski definition) is 3. The van der Waals surface area contributed by atoms with E-state index in [0.717, 1.165) is 57.4 Å². The molecule has 0 spiro atoms. The molecule has 4 nitrogen and oxygen atoms in total. The van der Waals surface area contributed by atoms with Gasteiger partial charge < -0.3 is 20.3 Å². The molecule has 5 atom stereocenters. The van der Waals surface area contributed by atoms with Gasteiger partial charge in [0.25, 0.3) is 0 Å². The maximum Gasteiger partial charge on any atom is 0.126 e. The third-order valence-corrected chi connectivity index (χ3v) is 6.62. The van der Waals surface area contributed by atoms with Crippen molar-refractivity contribution in [2.75, 3.05) is 13.1 Å². The normalized spacial score (nSPS) is 26.0. The number of nitrogens with one attached hydrogen (secondary N) is 1. The van der Waals surface area contributed by atoms with E-state index in [1.54, 1.807) is 0 Å². The van der Waals surface area contributed by atoms with Gasteiger partial charge in [0.05, 0.1) is 12.2 Å². The molecule has 0 unspecified atom stereocenters. The van der Waals surface area contributed by atoms with Gasteiger partial charge in [0, 0.05) is 23.8 Å². The number of ether oxygens (including phenoxy) is 1. The van der Waals surface area contributed by atoms with Crippen LogP contribution < -0.4 is 10.1 Å². The molecule has 1 fully saturated rings. The molecule has 1 aliphatic carbocycles. The monoisotopic (exact) mass is 415 g/mol. The second-order valence-electron chi connectivity index (χ2n) is 9.05. The van der Waals surface area contributed by atoms with E-state index in [2.05, 4.69) is 43.4 Å². The lowest BCUT2D eigenvalue weighted by molar-refractivity contribution is 0.135. The molecule has 0 bridgehead atoms. The van der Waals surface area contributed by atoms with Crippen LogP contribution in [0.1, 0.15) is 82.3 Å². The molecule has 1 aromatic carbocycles. The van der Waals surface area contributed by atoms with Gasteiger partial charge in [-0.3, -0.25) is 0 Å². The summed E-state index contributed by atoms with van der Waals surface area (Å²) in [5, 5.41) is 24.4. The maximum atomic E-state index is 10.6. The zero-order valence-electron chi connectivity index (χ0n) is 18.9. The van der Waals surface area contributed by atoms with E-state index in [1.165, 1.54) is 24.0 Å². The van der Waals surface area contributed by atoms with E-state index in [0.29, 0.717) is 6.42 Å². The van der Waals surface area contributed by atoms with Crippen LogP contribution in [-0.4, -0.2) is 41.6 Å². The standard InChI is InChI=1S/C26H41NO3/c1-3-5-6-12-20(28)14-15-21-23(29)18-24-25(21)22-13-9-11-19(26(22)30-24)10-7-8-17-27-16-4-2/h9,11,13-15,20-21,23-25,27-29H,3-8,10,12,16-18H2,1-2H3/t20-,21-,23+,24-,25-/m0/s1. The van der Waals surface area contributed by atoms with Crippen LogP contribution in [-0.2, 0) is 6.42 Å². The van der Waals surface area contributed by atoms with Crippen molar-refractivity contribution in [1.82, 2.24) is 5.32 Å². The Kier molecular flexibility index (Phi) is 9.23.